The van der Waals surface area contributed by atoms with Crippen LogP contribution in [0.4, 0.5) is 0 Å². The Morgan fingerprint density at radius 2 is 1.75 bits per heavy atom. The molecule has 1 unspecified atom stereocenters. The third-order valence-corrected chi connectivity index (χ3v) is 2.50. The largest absolute Gasteiger partial charge is 0.370 e. The molecule has 1 rings (SSSR count). The minimum atomic E-state index is 0. The van der Waals surface area contributed by atoms with Crippen molar-refractivity contribution in [2.75, 3.05) is 6.54 Å². The number of halogens is 1. The first-order valence-electron chi connectivity index (χ1n) is 5.21. The normalized spacial score (nSPS) is 11.7. The highest BCUT2D eigenvalue weighted by atomic mass is 127. The molecule has 0 aromatic heterocycles. The van der Waals surface area contributed by atoms with Gasteiger partial charge < -0.3 is 11.5 Å². The highest BCUT2D eigenvalue weighted by molar-refractivity contribution is 14.0. The summed E-state index contributed by atoms with van der Waals surface area (Å²) in [6.45, 7) is 5.02. The average Bonchev–Trinajstić information content (AvgIpc) is 2.18. The molecular formula is C12H20IN3. The summed E-state index contributed by atoms with van der Waals surface area (Å²) in [5.74, 6) is 1.07. The maximum absolute atomic E-state index is 5.35. The summed E-state index contributed by atoms with van der Waals surface area (Å²) in [4.78, 5) is 4.09. The Bertz CT molecular complexity index is 318. The Balaban J connectivity index is 0.00000225. The summed E-state index contributed by atoms with van der Waals surface area (Å²) in [6, 6.07) is 10.3. The van der Waals surface area contributed by atoms with Crippen molar-refractivity contribution in [3.8, 4) is 0 Å². The number of rotatable bonds is 4. The smallest absolute Gasteiger partial charge is 0.185 e. The van der Waals surface area contributed by atoms with E-state index in [0.717, 1.165) is 0 Å². The van der Waals surface area contributed by atoms with Crippen LogP contribution in [0.5, 0.6) is 0 Å². The van der Waals surface area contributed by atoms with E-state index in [2.05, 4.69) is 31.0 Å². The van der Waals surface area contributed by atoms with Gasteiger partial charge in [0.1, 0.15) is 0 Å². The topological polar surface area (TPSA) is 64.4 Å². The standard InChI is InChI=1S/C12H19N3.HI/c1-9(2)11(8-15-12(13)14)10-6-4-3-5-7-10;/h3-7,9,11H,8H2,1-2H3,(H4,13,14,15);1H. The van der Waals surface area contributed by atoms with E-state index in [4.69, 9.17) is 11.5 Å². The molecule has 4 N–H and O–H groups in total. The molecule has 3 nitrogen and oxygen atoms in total. The second kappa shape index (κ2) is 7.49. The van der Waals surface area contributed by atoms with Gasteiger partial charge in [-0.1, -0.05) is 44.2 Å². The van der Waals surface area contributed by atoms with Crippen LogP contribution in [0.15, 0.2) is 35.3 Å². The third-order valence-electron chi connectivity index (χ3n) is 2.50. The van der Waals surface area contributed by atoms with Gasteiger partial charge in [-0.3, -0.25) is 4.99 Å². The van der Waals surface area contributed by atoms with Crippen LogP contribution in [0.1, 0.15) is 25.3 Å². The van der Waals surface area contributed by atoms with E-state index in [-0.39, 0.29) is 29.9 Å². The summed E-state index contributed by atoms with van der Waals surface area (Å²) in [7, 11) is 0. The van der Waals surface area contributed by atoms with Gasteiger partial charge >= 0.3 is 0 Å². The van der Waals surface area contributed by atoms with Crippen LogP contribution in [-0.2, 0) is 0 Å². The van der Waals surface area contributed by atoms with E-state index in [1.165, 1.54) is 5.56 Å². The second-order valence-electron chi connectivity index (χ2n) is 4.03. The third kappa shape index (κ3) is 4.83. The maximum atomic E-state index is 5.35. The van der Waals surface area contributed by atoms with Gasteiger partial charge in [0, 0.05) is 12.5 Å². The molecule has 90 valence electrons. The summed E-state index contributed by atoms with van der Waals surface area (Å²) < 4.78 is 0. The van der Waals surface area contributed by atoms with Gasteiger partial charge in [0.05, 0.1) is 0 Å². The van der Waals surface area contributed by atoms with Crippen molar-refractivity contribution >= 4 is 29.9 Å². The maximum Gasteiger partial charge on any atom is 0.185 e. The molecule has 0 spiro atoms. The molecule has 0 radical (unpaired) electrons. The predicted molar refractivity (Wildman–Crippen MR) is 80.1 cm³/mol. The number of aliphatic imine (C=N–C) groups is 1. The molecule has 0 amide bonds. The monoisotopic (exact) mass is 333 g/mol. The van der Waals surface area contributed by atoms with Crippen LogP contribution in [0.25, 0.3) is 0 Å². The Morgan fingerprint density at radius 1 is 1.19 bits per heavy atom. The van der Waals surface area contributed by atoms with E-state index < -0.39 is 0 Å². The lowest BCUT2D eigenvalue weighted by molar-refractivity contribution is 0.507. The number of hydrogen-bond acceptors (Lipinski definition) is 1. The quantitative estimate of drug-likeness (QED) is 0.505. The SMILES string of the molecule is CC(C)C(CN=C(N)N)c1ccccc1.I. The molecule has 0 aliphatic carbocycles. The van der Waals surface area contributed by atoms with Gasteiger partial charge in [0.2, 0.25) is 0 Å². The van der Waals surface area contributed by atoms with Gasteiger partial charge in [-0.15, -0.1) is 24.0 Å². The lowest BCUT2D eigenvalue weighted by atomic mass is 9.88. The molecule has 0 aliphatic heterocycles. The van der Waals surface area contributed by atoms with E-state index in [1.54, 1.807) is 0 Å². The van der Waals surface area contributed by atoms with Gasteiger partial charge in [0.25, 0.3) is 0 Å². The summed E-state index contributed by atoms with van der Waals surface area (Å²) in [5.41, 5.74) is 12.0. The molecule has 16 heavy (non-hydrogen) atoms. The molecule has 0 saturated heterocycles. The van der Waals surface area contributed by atoms with E-state index in [0.29, 0.717) is 18.4 Å². The van der Waals surface area contributed by atoms with Crippen LogP contribution >= 0.6 is 24.0 Å². The van der Waals surface area contributed by atoms with Gasteiger partial charge in [-0.25, -0.2) is 0 Å². The van der Waals surface area contributed by atoms with E-state index >= 15 is 0 Å². The Labute approximate surface area is 114 Å². The van der Waals surface area contributed by atoms with Crippen molar-refractivity contribution in [3.63, 3.8) is 0 Å². The minimum absolute atomic E-state index is 0. The van der Waals surface area contributed by atoms with Gasteiger partial charge in [-0.05, 0) is 11.5 Å². The number of guanidine groups is 1. The molecule has 0 saturated carbocycles. The van der Waals surface area contributed by atoms with Crippen molar-refractivity contribution in [1.82, 2.24) is 0 Å². The first-order valence-corrected chi connectivity index (χ1v) is 5.21. The molecule has 0 aliphatic rings. The fraction of sp³-hybridized carbons (Fsp3) is 0.417. The minimum Gasteiger partial charge on any atom is -0.370 e. The van der Waals surface area contributed by atoms with Crippen LogP contribution < -0.4 is 11.5 Å². The zero-order valence-corrected chi connectivity index (χ0v) is 12.1. The summed E-state index contributed by atoms with van der Waals surface area (Å²) in [6.07, 6.45) is 0. The molecular weight excluding hydrogens is 313 g/mol. The average molecular weight is 333 g/mol. The molecule has 4 heteroatoms. The second-order valence-corrected chi connectivity index (χ2v) is 4.03. The molecule has 1 atom stereocenters. The molecule has 0 fully saturated rings. The van der Waals surface area contributed by atoms with E-state index in [9.17, 15) is 0 Å². The first kappa shape index (κ1) is 15.2. The van der Waals surface area contributed by atoms with Crippen molar-refractivity contribution < 1.29 is 0 Å². The number of nitrogens with two attached hydrogens (primary N) is 2. The first-order chi connectivity index (χ1) is 7.11. The lowest BCUT2D eigenvalue weighted by Crippen LogP contribution is -2.24. The number of hydrogen-bond donors (Lipinski definition) is 2. The van der Waals surface area contributed by atoms with Crippen LogP contribution in [0.3, 0.4) is 0 Å². The number of nitrogens with zero attached hydrogens (tertiary/aromatic N) is 1. The zero-order valence-electron chi connectivity index (χ0n) is 9.76. The summed E-state index contributed by atoms with van der Waals surface area (Å²) in [5, 5.41) is 0. The molecule has 0 heterocycles. The predicted octanol–water partition coefficient (Wildman–Crippen LogP) is 2.32. The van der Waals surface area contributed by atoms with Gasteiger partial charge in [0.15, 0.2) is 5.96 Å². The highest BCUT2D eigenvalue weighted by Crippen LogP contribution is 2.24. The van der Waals surface area contributed by atoms with Crippen molar-refractivity contribution in [1.29, 1.82) is 0 Å². The zero-order chi connectivity index (χ0) is 11.3. The van der Waals surface area contributed by atoms with E-state index in [1.807, 2.05) is 18.2 Å². The Hall–Kier alpha value is -0.780. The number of benzene rings is 1. The van der Waals surface area contributed by atoms with Crippen molar-refractivity contribution in [2.24, 2.45) is 22.4 Å². The lowest BCUT2D eigenvalue weighted by Gasteiger charge is -2.19. The van der Waals surface area contributed by atoms with Crippen LogP contribution in [0.2, 0.25) is 0 Å². The Kier molecular flexibility index (Phi) is 7.12. The molecule has 1 aromatic carbocycles. The molecule has 0 bridgehead atoms. The van der Waals surface area contributed by atoms with Crippen LogP contribution in [-0.4, -0.2) is 12.5 Å². The molecule has 1 aromatic rings. The Morgan fingerprint density at radius 3 is 2.19 bits per heavy atom. The fourth-order valence-corrected chi connectivity index (χ4v) is 1.61. The van der Waals surface area contributed by atoms with Crippen LogP contribution in [0, 0.1) is 5.92 Å². The van der Waals surface area contributed by atoms with Crippen molar-refractivity contribution in [3.05, 3.63) is 35.9 Å². The van der Waals surface area contributed by atoms with Crippen molar-refractivity contribution in [2.45, 2.75) is 19.8 Å². The summed E-state index contributed by atoms with van der Waals surface area (Å²) >= 11 is 0. The fourth-order valence-electron chi connectivity index (χ4n) is 1.61. The van der Waals surface area contributed by atoms with Gasteiger partial charge in [-0.2, -0.15) is 0 Å². The highest BCUT2D eigenvalue weighted by Gasteiger charge is 2.14.